The largest absolute Gasteiger partial charge is 0.351 e. The first-order valence-electron chi connectivity index (χ1n) is 5.09. The second-order valence-corrected chi connectivity index (χ2v) is 3.42. The van der Waals surface area contributed by atoms with Crippen LogP contribution in [0.5, 0.6) is 0 Å². The molecule has 0 spiro atoms. The van der Waals surface area contributed by atoms with Crippen molar-refractivity contribution in [2.75, 3.05) is 6.54 Å². The highest BCUT2D eigenvalue weighted by molar-refractivity contribution is 5.94. The minimum Gasteiger partial charge on any atom is -0.351 e. The van der Waals surface area contributed by atoms with Gasteiger partial charge in [0.15, 0.2) is 0 Å². The van der Waals surface area contributed by atoms with Gasteiger partial charge in [0.25, 0.3) is 5.91 Å². The second-order valence-electron chi connectivity index (χ2n) is 3.42. The van der Waals surface area contributed by atoms with Crippen LogP contribution in [0.25, 0.3) is 0 Å². The van der Waals surface area contributed by atoms with Gasteiger partial charge in [-0.1, -0.05) is 6.07 Å². The van der Waals surface area contributed by atoms with Gasteiger partial charge < -0.3 is 5.32 Å². The van der Waals surface area contributed by atoms with E-state index in [-0.39, 0.29) is 5.56 Å². The molecule has 2 nitrogen and oxygen atoms in total. The van der Waals surface area contributed by atoms with Crippen molar-refractivity contribution in [2.45, 2.75) is 20.3 Å². The van der Waals surface area contributed by atoms with Crippen LogP contribution < -0.4 is 5.32 Å². The summed E-state index contributed by atoms with van der Waals surface area (Å²) in [5.41, 5.74) is 0.876. The van der Waals surface area contributed by atoms with Gasteiger partial charge in [-0.2, -0.15) is 0 Å². The molecular weight excluding hydrogens is 205 g/mol. The van der Waals surface area contributed by atoms with Crippen LogP contribution in [-0.2, 0) is 0 Å². The van der Waals surface area contributed by atoms with Gasteiger partial charge in [-0.05, 0) is 31.5 Å². The van der Waals surface area contributed by atoms with Crippen LogP contribution >= 0.6 is 0 Å². The number of benzene rings is 1. The van der Waals surface area contributed by atoms with Gasteiger partial charge in [0, 0.05) is 13.0 Å². The molecule has 0 fully saturated rings. The summed E-state index contributed by atoms with van der Waals surface area (Å²) in [6, 6.07) is 4.55. The summed E-state index contributed by atoms with van der Waals surface area (Å²) >= 11 is 0. The Morgan fingerprint density at radius 3 is 2.88 bits per heavy atom. The van der Waals surface area contributed by atoms with Gasteiger partial charge in [-0.25, -0.2) is 4.39 Å². The van der Waals surface area contributed by atoms with Crippen LogP contribution in [0.1, 0.15) is 29.3 Å². The molecular formula is C13H14FNO. The maximum Gasteiger partial charge on any atom is 0.254 e. The third-order valence-corrected chi connectivity index (χ3v) is 2.08. The number of carbonyl (C=O) groups excluding carboxylic acids is 1. The van der Waals surface area contributed by atoms with Crippen LogP contribution in [0.3, 0.4) is 0 Å². The highest BCUT2D eigenvalue weighted by Crippen LogP contribution is 2.09. The number of rotatable bonds is 3. The van der Waals surface area contributed by atoms with E-state index in [1.165, 1.54) is 12.1 Å². The fourth-order valence-electron chi connectivity index (χ4n) is 1.26. The average Bonchev–Trinajstić information content (AvgIpc) is 2.24. The van der Waals surface area contributed by atoms with Crippen molar-refractivity contribution in [1.29, 1.82) is 0 Å². The number of aryl methyl sites for hydroxylation is 1. The van der Waals surface area contributed by atoms with E-state index >= 15 is 0 Å². The van der Waals surface area contributed by atoms with Gasteiger partial charge in [0.05, 0.1) is 5.56 Å². The van der Waals surface area contributed by atoms with Crippen molar-refractivity contribution in [3.8, 4) is 11.8 Å². The molecule has 0 aliphatic rings. The molecule has 1 aromatic rings. The van der Waals surface area contributed by atoms with Crippen molar-refractivity contribution in [3.05, 3.63) is 35.1 Å². The third-order valence-electron chi connectivity index (χ3n) is 2.08. The lowest BCUT2D eigenvalue weighted by Gasteiger charge is -2.04. The summed E-state index contributed by atoms with van der Waals surface area (Å²) in [6.07, 6.45) is 0.579. The molecule has 0 atom stereocenters. The Kier molecular flexibility index (Phi) is 4.53. The fourth-order valence-corrected chi connectivity index (χ4v) is 1.26. The summed E-state index contributed by atoms with van der Waals surface area (Å²) in [5, 5.41) is 2.61. The van der Waals surface area contributed by atoms with Gasteiger partial charge in [0.1, 0.15) is 5.82 Å². The summed E-state index contributed by atoms with van der Waals surface area (Å²) in [6.45, 7) is 3.95. The molecule has 16 heavy (non-hydrogen) atoms. The number of carbonyl (C=O) groups is 1. The van der Waals surface area contributed by atoms with E-state index < -0.39 is 11.7 Å². The number of amides is 1. The topological polar surface area (TPSA) is 29.1 Å². The Hall–Kier alpha value is -1.82. The Balaban J connectivity index is 2.61. The van der Waals surface area contributed by atoms with E-state index in [2.05, 4.69) is 17.2 Å². The first-order chi connectivity index (χ1) is 7.65. The first kappa shape index (κ1) is 12.3. The van der Waals surface area contributed by atoms with Crippen LogP contribution in [0, 0.1) is 24.6 Å². The molecule has 0 aromatic heterocycles. The van der Waals surface area contributed by atoms with Crippen molar-refractivity contribution in [1.82, 2.24) is 5.32 Å². The van der Waals surface area contributed by atoms with E-state index in [1.807, 2.05) is 0 Å². The Labute approximate surface area is 94.9 Å². The second kappa shape index (κ2) is 5.92. The minimum absolute atomic E-state index is 0.0788. The summed E-state index contributed by atoms with van der Waals surface area (Å²) in [5.74, 6) is 4.66. The van der Waals surface area contributed by atoms with Gasteiger partial charge >= 0.3 is 0 Å². The van der Waals surface area contributed by atoms with Gasteiger partial charge in [-0.3, -0.25) is 4.79 Å². The molecule has 3 heteroatoms. The van der Waals surface area contributed by atoms with Crippen LogP contribution in [0.2, 0.25) is 0 Å². The quantitative estimate of drug-likeness (QED) is 0.613. The molecule has 84 valence electrons. The average molecular weight is 219 g/mol. The Bertz CT molecular complexity index is 443. The van der Waals surface area contributed by atoms with Gasteiger partial charge in [0.2, 0.25) is 0 Å². The number of halogens is 1. The maximum absolute atomic E-state index is 13.4. The molecule has 1 amide bonds. The van der Waals surface area contributed by atoms with Crippen LogP contribution in [0.15, 0.2) is 18.2 Å². The highest BCUT2D eigenvalue weighted by atomic mass is 19.1. The first-order valence-corrected chi connectivity index (χ1v) is 5.09. The minimum atomic E-state index is -0.487. The van der Waals surface area contributed by atoms with E-state index in [1.54, 1.807) is 19.9 Å². The SMILES string of the molecule is CC#CCCNC(=O)c1ccc(C)cc1F. The zero-order valence-corrected chi connectivity index (χ0v) is 9.43. The maximum atomic E-state index is 13.4. The zero-order chi connectivity index (χ0) is 12.0. The third kappa shape index (κ3) is 3.39. The number of hydrogen-bond donors (Lipinski definition) is 1. The molecule has 0 saturated heterocycles. The fraction of sp³-hybridized carbons (Fsp3) is 0.308. The Morgan fingerprint density at radius 1 is 1.50 bits per heavy atom. The molecule has 1 aromatic carbocycles. The van der Waals surface area contributed by atoms with Crippen molar-refractivity contribution < 1.29 is 9.18 Å². The molecule has 0 radical (unpaired) electrons. The zero-order valence-electron chi connectivity index (χ0n) is 9.43. The molecule has 1 rings (SSSR count). The number of hydrogen-bond acceptors (Lipinski definition) is 1. The standard InChI is InChI=1S/C13H14FNO/c1-3-4-5-8-15-13(16)11-7-6-10(2)9-12(11)14/h6-7,9H,5,8H2,1-2H3,(H,15,16). The molecule has 1 N–H and O–H groups in total. The summed E-state index contributed by atoms with van der Waals surface area (Å²) in [7, 11) is 0. The normalized spacial score (nSPS) is 9.19. The van der Waals surface area contributed by atoms with Crippen molar-refractivity contribution in [2.24, 2.45) is 0 Å². The Morgan fingerprint density at radius 2 is 2.25 bits per heavy atom. The van der Waals surface area contributed by atoms with Gasteiger partial charge in [-0.15, -0.1) is 11.8 Å². The molecule has 0 aliphatic heterocycles. The molecule has 0 unspecified atom stereocenters. The molecule has 0 heterocycles. The highest BCUT2D eigenvalue weighted by Gasteiger charge is 2.10. The summed E-state index contributed by atoms with van der Waals surface area (Å²) in [4.78, 5) is 11.5. The van der Waals surface area contributed by atoms with E-state index in [9.17, 15) is 9.18 Å². The smallest absolute Gasteiger partial charge is 0.254 e. The summed E-state index contributed by atoms with van der Waals surface area (Å²) < 4.78 is 13.4. The van der Waals surface area contributed by atoms with Crippen molar-refractivity contribution >= 4 is 5.91 Å². The lowest BCUT2D eigenvalue weighted by molar-refractivity contribution is 0.0950. The van der Waals surface area contributed by atoms with E-state index in [4.69, 9.17) is 0 Å². The van der Waals surface area contributed by atoms with E-state index in [0.29, 0.717) is 13.0 Å². The monoisotopic (exact) mass is 219 g/mol. The molecule has 0 saturated carbocycles. The predicted molar refractivity (Wildman–Crippen MR) is 61.5 cm³/mol. The van der Waals surface area contributed by atoms with E-state index in [0.717, 1.165) is 5.56 Å². The van der Waals surface area contributed by atoms with Crippen molar-refractivity contribution in [3.63, 3.8) is 0 Å². The molecule has 0 aliphatic carbocycles. The molecule has 0 bridgehead atoms. The van der Waals surface area contributed by atoms with Crippen LogP contribution in [-0.4, -0.2) is 12.5 Å². The lowest BCUT2D eigenvalue weighted by Crippen LogP contribution is -2.25. The lowest BCUT2D eigenvalue weighted by atomic mass is 10.1. The number of nitrogens with one attached hydrogen (secondary N) is 1. The van der Waals surface area contributed by atoms with Crippen LogP contribution in [0.4, 0.5) is 4.39 Å². The predicted octanol–water partition coefficient (Wildman–Crippen LogP) is 2.28.